The summed E-state index contributed by atoms with van der Waals surface area (Å²) in [5.41, 5.74) is 1.41. The van der Waals surface area contributed by atoms with Crippen LogP contribution < -0.4 is 0 Å². The molecule has 0 atom stereocenters. The highest BCUT2D eigenvalue weighted by Crippen LogP contribution is 2.11. The normalized spacial score (nSPS) is 9.00. The quantitative estimate of drug-likeness (QED) is 0.575. The maximum Gasteiger partial charge on any atom is 0.302 e. The Hall–Kier alpha value is -1.57. The van der Waals surface area contributed by atoms with E-state index in [9.17, 15) is 4.79 Å². The van der Waals surface area contributed by atoms with Crippen molar-refractivity contribution in [2.45, 2.75) is 26.7 Å². The fourth-order valence-electron chi connectivity index (χ4n) is 1.01. The second-order valence-corrected chi connectivity index (χ2v) is 3.66. The van der Waals surface area contributed by atoms with Crippen LogP contribution >= 0.6 is 0 Å². The molecule has 2 heteroatoms. The van der Waals surface area contributed by atoms with Crippen LogP contribution in [0.1, 0.15) is 32.3 Å². The van der Waals surface area contributed by atoms with E-state index < -0.39 is 0 Å². The lowest BCUT2D eigenvalue weighted by Crippen LogP contribution is -1.96. The molecule has 0 fully saturated rings. The van der Waals surface area contributed by atoms with Crippen LogP contribution in [-0.2, 0) is 9.53 Å². The minimum atomic E-state index is -0.264. The summed E-state index contributed by atoms with van der Waals surface area (Å²) >= 11 is 0. The molecule has 2 nitrogen and oxygen atoms in total. The van der Waals surface area contributed by atoms with Crippen LogP contribution in [0.5, 0.6) is 0 Å². The molecule has 0 heterocycles. The number of rotatable bonds is 3. The molecule has 1 aromatic carbocycles. The Labute approximate surface area is 97.9 Å². The van der Waals surface area contributed by atoms with Gasteiger partial charge in [-0.15, -0.1) is 0 Å². The Bertz CT molecular complexity index is 302. The Morgan fingerprint density at radius 3 is 2.19 bits per heavy atom. The third-order valence-corrected chi connectivity index (χ3v) is 1.87. The highest BCUT2D eigenvalue weighted by Gasteiger charge is 1.93. The van der Waals surface area contributed by atoms with Gasteiger partial charge in [0.15, 0.2) is 0 Å². The minimum Gasteiger partial charge on any atom is -0.462 e. The van der Waals surface area contributed by atoms with Crippen molar-refractivity contribution in [1.82, 2.24) is 0 Å². The first-order valence-electron chi connectivity index (χ1n) is 5.37. The smallest absolute Gasteiger partial charge is 0.302 e. The lowest BCUT2D eigenvalue weighted by molar-refractivity contribution is -0.139. The average molecular weight is 220 g/mol. The van der Waals surface area contributed by atoms with Crippen LogP contribution in [0.25, 0.3) is 0 Å². The van der Waals surface area contributed by atoms with Crippen molar-refractivity contribution < 1.29 is 9.53 Å². The lowest BCUT2D eigenvalue weighted by atomic mass is 10.0. The Morgan fingerprint density at radius 1 is 1.38 bits per heavy atom. The molecule has 0 radical (unpaired) electrons. The van der Waals surface area contributed by atoms with E-state index in [4.69, 9.17) is 0 Å². The second kappa shape index (κ2) is 8.72. The predicted octanol–water partition coefficient (Wildman–Crippen LogP) is 3.55. The molecule has 16 heavy (non-hydrogen) atoms. The topological polar surface area (TPSA) is 26.3 Å². The molecule has 1 aromatic rings. The Kier molecular flexibility index (Phi) is 7.86. The summed E-state index contributed by atoms with van der Waals surface area (Å²) in [5, 5.41) is 0. The van der Waals surface area contributed by atoms with E-state index in [1.807, 2.05) is 6.07 Å². The van der Waals surface area contributed by atoms with E-state index in [1.165, 1.54) is 18.6 Å². The number of carbonyl (C=O) groups excluding carboxylic acids is 1. The van der Waals surface area contributed by atoms with Gasteiger partial charge in [0.05, 0.1) is 0 Å². The minimum absolute atomic E-state index is 0.264. The van der Waals surface area contributed by atoms with Crippen LogP contribution in [0.2, 0.25) is 0 Å². The predicted molar refractivity (Wildman–Crippen MR) is 67.4 cm³/mol. The molecule has 0 amide bonds. The Balaban J connectivity index is 0.000000293. The van der Waals surface area contributed by atoms with Crippen molar-refractivity contribution in [2.75, 3.05) is 6.61 Å². The van der Waals surface area contributed by atoms with Gasteiger partial charge in [0.2, 0.25) is 0 Å². The van der Waals surface area contributed by atoms with Gasteiger partial charge in [0, 0.05) is 6.92 Å². The molecule has 0 aliphatic rings. The molecule has 0 spiro atoms. The third kappa shape index (κ3) is 7.80. The number of hydrogen-bond acceptors (Lipinski definition) is 2. The number of ether oxygens (including phenoxy) is 1. The molecule has 0 aliphatic carbocycles. The summed E-state index contributed by atoms with van der Waals surface area (Å²) in [6, 6.07) is 10.5. The van der Waals surface area contributed by atoms with Gasteiger partial charge >= 0.3 is 5.97 Å². The number of carbonyl (C=O) groups is 1. The number of hydrogen-bond donors (Lipinski definition) is 0. The number of esters is 1. The summed E-state index contributed by atoms with van der Waals surface area (Å²) < 4.78 is 4.43. The highest BCUT2D eigenvalue weighted by molar-refractivity contribution is 5.65. The van der Waals surface area contributed by atoms with E-state index in [1.54, 1.807) is 0 Å². The second-order valence-electron chi connectivity index (χ2n) is 3.66. The van der Waals surface area contributed by atoms with E-state index in [2.05, 4.69) is 49.4 Å². The van der Waals surface area contributed by atoms with Gasteiger partial charge in [-0.25, -0.2) is 0 Å². The van der Waals surface area contributed by atoms with Gasteiger partial charge in [0.25, 0.3) is 0 Å². The zero-order chi connectivity index (χ0) is 12.4. The summed E-state index contributed by atoms with van der Waals surface area (Å²) in [4.78, 5) is 9.93. The maximum absolute atomic E-state index is 9.93. The molecule has 1 rings (SSSR count). The highest BCUT2D eigenvalue weighted by atomic mass is 16.5. The first-order chi connectivity index (χ1) is 7.57. The molecule has 0 unspecified atom stereocenters. The average Bonchev–Trinajstić information content (AvgIpc) is 2.28. The fourth-order valence-corrected chi connectivity index (χ4v) is 1.01. The zero-order valence-corrected chi connectivity index (χ0v) is 10.3. The maximum atomic E-state index is 9.93. The molecule has 0 saturated carbocycles. The van der Waals surface area contributed by atoms with Gasteiger partial charge in [-0.05, 0) is 11.5 Å². The van der Waals surface area contributed by atoms with Crippen molar-refractivity contribution in [2.24, 2.45) is 0 Å². The molecule has 0 bridgehead atoms. The van der Waals surface area contributed by atoms with Gasteiger partial charge in [-0.2, -0.15) is 0 Å². The molecular weight excluding hydrogens is 200 g/mol. The van der Waals surface area contributed by atoms with E-state index in [-0.39, 0.29) is 5.97 Å². The van der Waals surface area contributed by atoms with Crippen LogP contribution in [0.4, 0.5) is 0 Å². The summed E-state index contributed by atoms with van der Waals surface area (Å²) in [6.07, 6.45) is 1.53. The van der Waals surface area contributed by atoms with Crippen molar-refractivity contribution in [3.63, 3.8) is 0 Å². The van der Waals surface area contributed by atoms with Crippen molar-refractivity contribution in [3.8, 4) is 0 Å². The Morgan fingerprint density at radius 2 is 1.94 bits per heavy atom. The van der Waals surface area contributed by atoms with E-state index in [0.29, 0.717) is 12.5 Å². The van der Waals surface area contributed by atoms with E-state index >= 15 is 0 Å². The van der Waals surface area contributed by atoms with Crippen LogP contribution in [0.3, 0.4) is 0 Å². The van der Waals surface area contributed by atoms with Crippen LogP contribution in [-0.4, -0.2) is 12.6 Å². The summed E-state index contributed by atoms with van der Waals surface area (Å²) in [6.45, 7) is 9.44. The molecular formula is C14H20O2. The molecule has 88 valence electrons. The van der Waals surface area contributed by atoms with Gasteiger partial charge in [0.1, 0.15) is 6.61 Å². The summed E-state index contributed by atoms with van der Waals surface area (Å²) in [7, 11) is 0. The van der Waals surface area contributed by atoms with Crippen LogP contribution in [0, 0.1) is 0 Å². The van der Waals surface area contributed by atoms with Crippen molar-refractivity contribution >= 4 is 5.97 Å². The molecule has 0 aromatic heterocycles. The standard InChI is InChI=1S/C9H12.C5H8O2/c1-8(2)9-6-4-3-5-7-9;1-3-4-7-5(2)6/h3-8H,1-2H3;3H,1,4H2,2H3. The largest absolute Gasteiger partial charge is 0.462 e. The van der Waals surface area contributed by atoms with Crippen LogP contribution in [0.15, 0.2) is 43.0 Å². The molecule has 0 N–H and O–H groups in total. The van der Waals surface area contributed by atoms with Crippen molar-refractivity contribution in [1.29, 1.82) is 0 Å². The monoisotopic (exact) mass is 220 g/mol. The third-order valence-electron chi connectivity index (χ3n) is 1.87. The fraction of sp³-hybridized carbons (Fsp3) is 0.357. The number of benzene rings is 1. The van der Waals surface area contributed by atoms with Gasteiger partial charge < -0.3 is 4.74 Å². The molecule has 0 aliphatic heterocycles. The van der Waals surface area contributed by atoms with Gasteiger partial charge in [-0.1, -0.05) is 56.8 Å². The molecule has 0 saturated heterocycles. The van der Waals surface area contributed by atoms with E-state index in [0.717, 1.165) is 0 Å². The SMILES string of the molecule is C=CCOC(C)=O.CC(C)c1ccccc1. The van der Waals surface area contributed by atoms with Crippen molar-refractivity contribution in [3.05, 3.63) is 48.6 Å². The lowest BCUT2D eigenvalue weighted by Gasteiger charge is -2.01. The first kappa shape index (κ1) is 14.4. The first-order valence-corrected chi connectivity index (χ1v) is 5.37. The summed E-state index contributed by atoms with van der Waals surface area (Å²) in [5.74, 6) is 0.395. The van der Waals surface area contributed by atoms with Gasteiger partial charge in [-0.3, -0.25) is 4.79 Å². The zero-order valence-electron chi connectivity index (χ0n) is 10.3.